The van der Waals surface area contributed by atoms with E-state index in [-0.39, 0.29) is 11.4 Å². The average Bonchev–Trinajstić information content (AvgIpc) is 3.19. The normalized spacial score (nSPS) is 18.9. The lowest BCUT2D eigenvalue weighted by Crippen LogP contribution is -2.43. The van der Waals surface area contributed by atoms with E-state index >= 15 is 0 Å². The van der Waals surface area contributed by atoms with Crippen LogP contribution in [0.1, 0.15) is 12.8 Å². The Hall–Kier alpha value is -1.84. The highest BCUT2D eigenvalue weighted by Crippen LogP contribution is 2.27. The van der Waals surface area contributed by atoms with E-state index in [1.165, 1.54) is 27.8 Å². The van der Waals surface area contributed by atoms with Crippen LogP contribution in [0, 0.1) is 5.82 Å². The van der Waals surface area contributed by atoms with Gasteiger partial charge in [-0.1, -0.05) is 0 Å². The first-order valence-electron chi connectivity index (χ1n) is 6.96. The van der Waals surface area contributed by atoms with Gasteiger partial charge in [0.2, 0.25) is 15.9 Å². The lowest BCUT2D eigenvalue weighted by atomic mass is 10.2. The van der Waals surface area contributed by atoms with Crippen molar-refractivity contribution in [2.24, 2.45) is 0 Å². The summed E-state index contributed by atoms with van der Waals surface area (Å²) >= 11 is 1.26. The molecule has 1 amide bonds. The highest BCUT2D eigenvalue weighted by atomic mass is 32.2. The second-order valence-electron chi connectivity index (χ2n) is 5.05. The number of aromatic nitrogens is 1. The van der Waals surface area contributed by atoms with Crippen molar-refractivity contribution in [3.05, 3.63) is 41.7 Å². The van der Waals surface area contributed by atoms with Gasteiger partial charge in [0.25, 0.3) is 0 Å². The van der Waals surface area contributed by atoms with Crippen LogP contribution in [0.15, 0.2) is 40.7 Å². The molecule has 0 spiro atoms. The first-order chi connectivity index (χ1) is 11.0. The van der Waals surface area contributed by atoms with Crippen molar-refractivity contribution < 1.29 is 17.6 Å². The van der Waals surface area contributed by atoms with Crippen molar-refractivity contribution in [1.29, 1.82) is 0 Å². The number of benzene rings is 1. The van der Waals surface area contributed by atoms with Crippen LogP contribution in [0.2, 0.25) is 0 Å². The number of nitrogens with zero attached hydrogens (tertiary/aromatic N) is 2. The first-order valence-corrected chi connectivity index (χ1v) is 9.28. The van der Waals surface area contributed by atoms with Crippen molar-refractivity contribution in [2.75, 3.05) is 11.9 Å². The second kappa shape index (κ2) is 6.34. The van der Waals surface area contributed by atoms with Gasteiger partial charge in [-0.3, -0.25) is 4.79 Å². The molecule has 0 unspecified atom stereocenters. The zero-order valence-corrected chi connectivity index (χ0v) is 13.6. The smallest absolute Gasteiger partial charge is 0.244 e. The maximum atomic E-state index is 13.0. The summed E-state index contributed by atoms with van der Waals surface area (Å²) in [7, 11) is -3.84. The van der Waals surface area contributed by atoms with Crippen LogP contribution >= 0.6 is 11.3 Å². The van der Waals surface area contributed by atoms with E-state index in [4.69, 9.17) is 0 Å². The first kappa shape index (κ1) is 16.0. The molecule has 1 atom stereocenters. The summed E-state index contributed by atoms with van der Waals surface area (Å²) in [5, 5.41) is 4.78. The van der Waals surface area contributed by atoms with E-state index in [0.29, 0.717) is 18.0 Å². The standard InChI is InChI=1S/C14H14FN3O3S2/c15-10-3-5-11(6-4-10)23(20,21)18-8-1-2-12(18)13(19)17-14-16-7-9-22-14/h3-7,9,12H,1-2,8H2,(H,16,17,19)/t12-/m0/s1. The molecule has 1 aliphatic heterocycles. The molecule has 6 nitrogen and oxygen atoms in total. The summed E-state index contributed by atoms with van der Waals surface area (Å²) in [6, 6.07) is 3.81. The van der Waals surface area contributed by atoms with Crippen molar-refractivity contribution in [1.82, 2.24) is 9.29 Å². The average molecular weight is 355 g/mol. The zero-order valence-electron chi connectivity index (χ0n) is 12.0. The number of nitrogens with one attached hydrogen (secondary N) is 1. The predicted octanol–water partition coefficient (Wildman–Crippen LogP) is 2.07. The zero-order chi connectivity index (χ0) is 16.4. The number of sulfonamides is 1. The second-order valence-corrected chi connectivity index (χ2v) is 7.84. The van der Waals surface area contributed by atoms with Gasteiger partial charge in [0, 0.05) is 18.1 Å². The van der Waals surface area contributed by atoms with Gasteiger partial charge in [-0.05, 0) is 37.1 Å². The lowest BCUT2D eigenvalue weighted by Gasteiger charge is -2.23. The molecule has 1 aliphatic rings. The van der Waals surface area contributed by atoms with E-state index in [1.807, 2.05) is 0 Å². The maximum absolute atomic E-state index is 13.0. The van der Waals surface area contributed by atoms with Crippen LogP contribution in [-0.2, 0) is 14.8 Å². The Bertz CT molecular complexity index is 791. The Labute approximate surface area is 137 Å². The quantitative estimate of drug-likeness (QED) is 0.911. The Morgan fingerprint density at radius 2 is 2.09 bits per heavy atom. The number of amides is 1. The van der Waals surface area contributed by atoms with Gasteiger partial charge in [-0.25, -0.2) is 17.8 Å². The maximum Gasteiger partial charge on any atom is 0.244 e. The summed E-state index contributed by atoms with van der Waals surface area (Å²) in [5.41, 5.74) is 0. The number of rotatable bonds is 4. The minimum absolute atomic E-state index is 0.0205. The largest absolute Gasteiger partial charge is 0.301 e. The molecular weight excluding hydrogens is 341 g/mol. The number of carbonyl (C=O) groups is 1. The van der Waals surface area contributed by atoms with Gasteiger partial charge in [0.1, 0.15) is 11.9 Å². The fraction of sp³-hybridized carbons (Fsp3) is 0.286. The van der Waals surface area contributed by atoms with Gasteiger partial charge in [-0.15, -0.1) is 11.3 Å². The third kappa shape index (κ3) is 3.26. The van der Waals surface area contributed by atoms with Crippen LogP contribution in [0.25, 0.3) is 0 Å². The molecule has 1 saturated heterocycles. The molecule has 3 rings (SSSR count). The molecule has 1 aromatic heterocycles. The molecule has 122 valence electrons. The molecule has 0 radical (unpaired) electrons. The fourth-order valence-corrected chi connectivity index (χ4v) is 4.69. The van der Waals surface area contributed by atoms with Gasteiger partial charge in [-0.2, -0.15) is 4.31 Å². The van der Waals surface area contributed by atoms with Gasteiger partial charge < -0.3 is 5.32 Å². The predicted molar refractivity (Wildman–Crippen MR) is 84.1 cm³/mol. The van der Waals surface area contributed by atoms with Crippen LogP contribution in [0.5, 0.6) is 0 Å². The molecule has 0 aliphatic carbocycles. The Morgan fingerprint density at radius 1 is 1.35 bits per heavy atom. The minimum Gasteiger partial charge on any atom is -0.301 e. The Morgan fingerprint density at radius 3 is 2.74 bits per heavy atom. The molecule has 1 fully saturated rings. The molecule has 23 heavy (non-hydrogen) atoms. The van der Waals surface area contributed by atoms with Crippen molar-refractivity contribution in [2.45, 2.75) is 23.8 Å². The van der Waals surface area contributed by atoms with E-state index in [0.717, 1.165) is 12.1 Å². The number of hydrogen-bond donors (Lipinski definition) is 1. The summed E-state index contributed by atoms with van der Waals surface area (Å²) in [5.74, 6) is -0.911. The molecule has 0 saturated carbocycles. The van der Waals surface area contributed by atoms with Crippen molar-refractivity contribution in [3.63, 3.8) is 0 Å². The molecule has 1 N–H and O–H groups in total. The summed E-state index contributed by atoms with van der Waals surface area (Å²) in [4.78, 5) is 16.3. The van der Waals surface area contributed by atoms with E-state index < -0.39 is 27.8 Å². The van der Waals surface area contributed by atoms with Crippen LogP contribution in [0.3, 0.4) is 0 Å². The van der Waals surface area contributed by atoms with Crippen LogP contribution < -0.4 is 5.32 Å². The number of anilines is 1. The highest BCUT2D eigenvalue weighted by Gasteiger charge is 2.39. The van der Waals surface area contributed by atoms with Crippen molar-refractivity contribution in [3.8, 4) is 0 Å². The monoisotopic (exact) mass is 355 g/mol. The molecule has 1 aromatic carbocycles. The minimum atomic E-state index is -3.84. The molecule has 0 bridgehead atoms. The highest BCUT2D eigenvalue weighted by molar-refractivity contribution is 7.89. The number of hydrogen-bond acceptors (Lipinski definition) is 5. The van der Waals surface area contributed by atoms with Crippen LogP contribution in [-0.4, -0.2) is 36.2 Å². The number of thiazole rings is 1. The SMILES string of the molecule is O=C(Nc1nccs1)[C@@H]1CCCN1S(=O)(=O)c1ccc(F)cc1. The Kier molecular flexibility index (Phi) is 4.42. The fourth-order valence-electron chi connectivity index (χ4n) is 2.51. The summed E-state index contributed by atoms with van der Waals surface area (Å²) < 4.78 is 39.5. The lowest BCUT2D eigenvalue weighted by molar-refractivity contribution is -0.119. The molecule has 9 heteroatoms. The summed E-state index contributed by atoms with van der Waals surface area (Å²) in [6.07, 6.45) is 2.59. The molecular formula is C14H14FN3O3S2. The third-order valence-corrected chi connectivity index (χ3v) is 6.20. The van der Waals surface area contributed by atoms with Gasteiger partial charge >= 0.3 is 0 Å². The van der Waals surface area contributed by atoms with Gasteiger partial charge in [0.15, 0.2) is 5.13 Å². The molecule has 2 heterocycles. The number of halogens is 1. The Balaban J connectivity index is 1.83. The summed E-state index contributed by atoms with van der Waals surface area (Å²) in [6.45, 7) is 0.260. The van der Waals surface area contributed by atoms with Crippen LogP contribution in [0.4, 0.5) is 9.52 Å². The van der Waals surface area contributed by atoms with E-state index in [1.54, 1.807) is 11.6 Å². The topological polar surface area (TPSA) is 79.4 Å². The van der Waals surface area contributed by atoms with E-state index in [2.05, 4.69) is 10.3 Å². The van der Waals surface area contributed by atoms with Gasteiger partial charge in [0.05, 0.1) is 4.90 Å². The van der Waals surface area contributed by atoms with Crippen molar-refractivity contribution >= 4 is 32.4 Å². The molecule has 2 aromatic rings. The number of carbonyl (C=O) groups excluding carboxylic acids is 1. The van der Waals surface area contributed by atoms with E-state index in [9.17, 15) is 17.6 Å². The third-order valence-electron chi connectivity index (χ3n) is 3.59.